The standard InChI is InChI=1S/C17H25N5/c1-13-10-14(2)22(20-13)16-12-18-11-15(19-16)21-8-5-6-17(3,4)7-9-21/h10-12H,5-9H2,1-4H3. The topological polar surface area (TPSA) is 46.8 Å². The third-order valence-electron chi connectivity index (χ3n) is 4.50. The van der Waals surface area contributed by atoms with Crippen molar-refractivity contribution in [1.82, 2.24) is 19.7 Å². The van der Waals surface area contributed by atoms with Crippen LogP contribution in [0.25, 0.3) is 5.82 Å². The number of aryl methyl sites for hydroxylation is 2. The average molecular weight is 299 g/mol. The molecule has 0 radical (unpaired) electrons. The summed E-state index contributed by atoms with van der Waals surface area (Å²) in [5.41, 5.74) is 2.51. The van der Waals surface area contributed by atoms with E-state index in [1.807, 2.05) is 24.7 Å². The van der Waals surface area contributed by atoms with E-state index in [0.29, 0.717) is 5.41 Å². The van der Waals surface area contributed by atoms with Gasteiger partial charge < -0.3 is 4.90 Å². The molecule has 0 N–H and O–H groups in total. The first-order valence-electron chi connectivity index (χ1n) is 8.05. The van der Waals surface area contributed by atoms with Gasteiger partial charge in [0.05, 0.1) is 18.1 Å². The van der Waals surface area contributed by atoms with Crippen LogP contribution in [0, 0.1) is 19.3 Å². The SMILES string of the molecule is Cc1cc(C)n(-c2cncc(N3CCCC(C)(C)CC3)n2)n1. The lowest BCUT2D eigenvalue weighted by molar-refractivity contribution is 0.325. The van der Waals surface area contributed by atoms with Gasteiger partial charge >= 0.3 is 0 Å². The minimum Gasteiger partial charge on any atom is -0.355 e. The zero-order chi connectivity index (χ0) is 15.7. The molecule has 118 valence electrons. The molecule has 1 aliphatic heterocycles. The van der Waals surface area contributed by atoms with Gasteiger partial charge in [0, 0.05) is 18.8 Å². The molecule has 0 unspecified atom stereocenters. The highest BCUT2D eigenvalue weighted by Gasteiger charge is 2.24. The zero-order valence-electron chi connectivity index (χ0n) is 14.0. The number of hydrogen-bond acceptors (Lipinski definition) is 4. The van der Waals surface area contributed by atoms with E-state index in [-0.39, 0.29) is 0 Å². The van der Waals surface area contributed by atoms with E-state index in [1.165, 1.54) is 19.3 Å². The Hall–Kier alpha value is -1.91. The molecule has 0 spiro atoms. The molecule has 0 atom stereocenters. The van der Waals surface area contributed by atoms with Gasteiger partial charge in [0.1, 0.15) is 5.82 Å². The molecule has 5 heteroatoms. The van der Waals surface area contributed by atoms with Crippen molar-refractivity contribution in [2.75, 3.05) is 18.0 Å². The zero-order valence-corrected chi connectivity index (χ0v) is 14.0. The second kappa shape index (κ2) is 5.71. The van der Waals surface area contributed by atoms with Crippen LogP contribution in [0.15, 0.2) is 18.5 Å². The van der Waals surface area contributed by atoms with Crippen LogP contribution in [0.3, 0.4) is 0 Å². The molecular weight excluding hydrogens is 274 g/mol. The highest BCUT2D eigenvalue weighted by molar-refractivity contribution is 5.40. The fourth-order valence-electron chi connectivity index (χ4n) is 3.11. The maximum absolute atomic E-state index is 4.79. The van der Waals surface area contributed by atoms with Crippen LogP contribution in [0.5, 0.6) is 0 Å². The van der Waals surface area contributed by atoms with Crippen LogP contribution >= 0.6 is 0 Å². The summed E-state index contributed by atoms with van der Waals surface area (Å²) in [6, 6.07) is 2.06. The molecular formula is C17H25N5. The Kier molecular flexibility index (Phi) is 3.89. The van der Waals surface area contributed by atoms with Crippen LogP contribution in [0.4, 0.5) is 5.82 Å². The van der Waals surface area contributed by atoms with Crippen LogP contribution in [-0.4, -0.2) is 32.8 Å². The van der Waals surface area contributed by atoms with Crippen molar-refractivity contribution in [3.8, 4) is 5.82 Å². The number of hydrogen-bond donors (Lipinski definition) is 0. The van der Waals surface area contributed by atoms with Gasteiger partial charge in [-0.25, -0.2) is 9.67 Å². The molecule has 1 aliphatic rings. The number of rotatable bonds is 2. The normalized spacial score (nSPS) is 18.3. The van der Waals surface area contributed by atoms with E-state index in [0.717, 1.165) is 36.1 Å². The molecule has 0 saturated carbocycles. The van der Waals surface area contributed by atoms with Crippen molar-refractivity contribution >= 4 is 5.82 Å². The molecule has 3 rings (SSSR count). The van der Waals surface area contributed by atoms with E-state index in [4.69, 9.17) is 4.98 Å². The van der Waals surface area contributed by atoms with Gasteiger partial charge in [-0.15, -0.1) is 0 Å². The van der Waals surface area contributed by atoms with Gasteiger partial charge in [-0.2, -0.15) is 5.10 Å². The Balaban J connectivity index is 1.86. The molecule has 2 aromatic rings. The molecule has 0 amide bonds. The highest BCUT2D eigenvalue weighted by Crippen LogP contribution is 2.31. The second-order valence-electron chi connectivity index (χ2n) is 7.08. The van der Waals surface area contributed by atoms with Crippen LogP contribution in [0.1, 0.15) is 44.5 Å². The summed E-state index contributed by atoms with van der Waals surface area (Å²) < 4.78 is 1.87. The summed E-state index contributed by atoms with van der Waals surface area (Å²) in [5, 5.41) is 4.50. The lowest BCUT2D eigenvalue weighted by Gasteiger charge is -2.24. The molecule has 3 heterocycles. The minimum atomic E-state index is 0.426. The lowest BCUT2D eigenvalue weighted by atomic mass is 9.85. The molecule has 1 fully saturated rings. The Morgan fingerprint density at radius 1 is 1.05 bits per heavy atom. The first kappa shape index (κ1) is 15.0. The average Bonchev–Trinajstić information content (AvgIpc) is 2.70. The quantitative estimate of drug-likeness (QED) is 0.853. The van der Waals surface area contributed by atoms with E-state index in [9.17, 15) is 0 Å². The summed E-state index contributed by atoms with van der Waals surface area (Å²) in [6.07, 6.45) is 7.32. The molecule has 2 aromatic heterocycles. The fraction of sp³-hybridized carbons (Fsp3) is 0.588. The fourth-order valence-corrected chi connectivity index (χ4v) is 3.11. The second-order valence-corrected chi connectivity index (χ2v) is 7.08. The first-order valence-corrected chi connectivity index (χ1v) is 8.05. The first-order chi connectivity index (χ1) is 10.4. The van der Waals surface area contributed by atoms with Crippen molar-refractivity contribution in [1.29, 1.82) is 0 Å². The maximum atomic E-state index is 4.79. The smallest absolute Gasteiger partial charge is 0.174 e. The van der Waals surface area contributed by atoms with E-state index in [2.05, 4.69) is 34.9 Å². The molecule has 0 aromatic carbocycles. The highest BCUT2D eigenvalue weighted by atomic mass is 15.3. The van der Waals surface area contributed by atoms with Gasteiger partial charge in [0.15, 0.2) is 5.82 Å². The van der Waals surface area contributed by atoms with Crippen molar-refractivity contribution in [3.63, 3.8) is 0 Å². The summed E-state index contributed by atoms with van der Waals surface area (Å²) in [6.45, 7) is 10.9. The predicted molar refractivity (Wildman–Crippen MR) is 88.5 cm³/mol. The van der Waals surface area contributed by atoms with E-state index >= 15 is 0 Å². The summed E-state index contributed by atoms with van der Waals surface area (Å²) in [7, 11) is 0. The molecule has 0 aliphatic carbocycles. The van der Waals surface area contributed by atoms with Crippen LogP contribution in [0.2, 0.25) is 0 Å². The van der Waals surface area contributed by atoms with E-state index in [1.54, 1.807) is 6.20 Å². The van der Waals surface area contributed by atoms with Gasteiger partial charge in [-0.1, -0.05) is 13.8 Å². The van der Waals surface area contributed by atoms with Crippen LogP contribution < -0.4 is 4.90 Å². The lowest BCUT2D eigenvalue weighted by Crippen LogP contribution is -2.26. The predicted octanol–water partition coefficient (Wildman–Crippen LogP) is 3.30. The van der Waals surface area contributed by atoms with Crippen molar-refractivity contribution < 1.29 is 0 Å². The Bertz CT molecular complexity index is 659. The third kappa shape index (κ3) is 3.13. The Morgan fingerprint density at radius 2 is 1.82 bits per heavy atom. The summed E-state index contributed by atoms with van der Waals surface area (Å²) in [4.78, 5) is 11.5. The van der Waals surface area contributed by atoms with E-state index < -0.39 is 0 Å². The van der Waals surface area contributed by atoms with Crippen molar-refractivity contribution in [2.24, 2.45) is 5.41 Å². The van der Waals surface area contributed by atoms with Gasteiger partial charge in [0.25, 0.3) is 0 Å². The van der Waals surface area contributed by atoms with Gasteiger partial charge in [0.2, 0.25) is 0 Å². The molecule has 1 saturated heterocycles. The number of aromatic nitrogens is 4. The van der Waals surface area contributed by atoms with Crippen LogP contribution in [-0.2, 0) is 0 Å². The largest absolute Gasteiger partial charge is 0.355 e. The monoisotopic (exact) mass is 299 g/mol. The minimum absolute atomic E-state index is 0.426. The maximum Gasteiger partial charge on any atom is 0.174 e. The van der Waals surface area contributed by atoms with Gasteiger partial charge in [-0.05, 0) is 44.6 Å². The van der Waals surface area contributed by atoms with Crippen molar-refractivity contribution in [3.05, 3.63) is 29.8 Å². The number of anilines is 1. The Morgan fingerprint density at radius 3 is 2.55 bits per heavy atom. The molecule has 22 heavy (non-hydrogen) atoms. The van der Waals surface area contributed by atoms with Gasteiger partial charge in [-0.3, -0.25) is 4.98 Å². The summed E-state index contributed by atoms with van der Waals surface area (Å²) >= 11 is 0. The number of nitrogens with zero attached hydrogens (tertiary/aromatic N) is 5. The van der Waals surface area contributed by atoms with Crippen molar-refractivity contribution in [2.45, 2.75) is 47.0 Å². The summed E-state index contributed by atoms with van der Waals surface area (Å²) in [5.74, 6) is 1.76. The molecule has 0 bridgehead atoms. The third-order valence-corrected chi connectivity index (χ3v) is 4.50. The Labute approximate surface area is 132 Å². The molecule has 5 nitrogen and oxygen atoms in total.